The molecule has 0 spiro atoms. The van der Waals surface area contributed by atoms with Crippen LogP contribution in [0.5, 0.6) is 0 Å². The lowest BCUT2D eigenvalue weighted by atomic mass is 10.2. The van der Waals surface area contributed by atoms with Crippen LogP contribution in [0.3, 0.4) is 0 Å². The van der Waals surface area contributed by atoms with Crippen molar-refractivity contribution in [2.24, 2.45) is 0 Å². The molecular weight excluding hydrogens is 237 g/mol. The molecule has 1 N–H and O–H groups in total. The highest BCUT2D eigenvalue weighted by Crippen LogP contribution is 2.26. The van der Waals surface area contributed by atoms with Gasteiger partial charge in [-0.05, 0) is 12.8 Å². The Morgan fingerprint density at radius 3 is 2.41 bits per heavy atom. The second-order valence-corrected chi connectivity index (χ2v) is 4.45. The van der Waals surface area contributed by atoms with Crippen molar-refractivity contribution in [3.05, 3.63) is 0 Å². The first-order valence-corrected chi connectivity index (χ1v) is 5.64. The number of carbonyl (C=O) groups is 1. The lowest BCUT2D eigenvalue weighted by Crippen LogP contribution is -2.55. The van der Waals surface area contributed by atoms with E-state index in [4.69, 9.17) is 0 Å². The molecule has 0 aromatic heterocycles. The van der Waals surface area contributed by atoms with Crippen LogP contribution in [0.4, 0.5) is 13.2 Å². The molecule has 2 fully saturated rings. The predicted octanol–water partition coefficient (Wildman–Crippen LogP) is 0.528. The first kappa shape index (κ1) is 12.6. The number of piperazine rings is 1. The van der Waals surface area contributed by atoms with E-state index in [2.05, 4.69) is 10.1 Å². The maximum Gasteiger partial charge on any atom is 0.411 e. The molecule has 2 aliphatic heterocycles. The Hall–Kier alpha value is -0.820. The molecule has 4 nitrogen and oxygen atoms in total. The fourth-order valence-electron chi connectivity index (χ4n) is 2.51. The molecule has 2 atom stereocenters. The standard InChI is InChI=1S/C10H15F3N2O2/c11-10(12,13)6-17-5-9(16)15-7-1-2-8(15)4-14-3-7/h7-8,14H,1-6H2. The summed E-state index contributed by atoms with van der Waals surface area (Å²) in [5.41, 5.74) is 0. The van der Waals surface area contributed by atoms with E-state index in [0.717, 1.165) is 25.9 Å². The summed E-state index contributed by atoms with van der Waals surface area (Å²) in [6.45, 7) is -0.393. The Morgan fingerprint density at radius 1 is 1.29 bits per heavy atom. The second-order valence-electron chi connectivity index (χ2n) is 4.45. The lowest BCUT2D eigenvalue weighted by molar-refractivity contribution is -0.178. The van der Waals surface area contributed by atoms with Crippen molar-refractivity contribution in [2.75, 3.05) is 26.3 Å². The zero-order chi connectivity index (χ0) is 12.5. The molecule has 2 rings (SSSR count). The summed E-state index contributed by atoms with van der Waals surface area (Å²) in [6, 6.07) is 0.242. The average Bonchev–Trinajstić information content (AvgIpc) is 2.47. The number of carbonyl (C=O) groups excluding carboxylic acids is 1. The first-order valence-electron chi connectivity index (χ1n) is 5.64. The zero-order valence-corrected chi connectivity index (χ0v) is 9.29. The smallest absolute Gasteiger partial charge is 0.362 e. The normalized spacial score (nSPS) is 28.5. The number of rotatable bonds is 3. The summed E-state index contributed by atoms with van der Waals surface area (Å²) in [6.07, 6.45) is -2.53. The highest BCUT2D eigenvalue weighted by atomic mass is 19.4. The van der Waals surface area contributed by atoms with E-state index >= 15 is 0 Å². The molecular formula is C10H15F3N2O2. The van der Waals surface area contributed by atoms with E-state index in [1.54, 1.807) is 4.90 Å². The minimum atomic E-state index is -4.37. The molecule has 2 unspecified atom stereocenters. The molecule has 0 saturated carbocycles. The second kappa shape index (κ2) is 4.81. The SMILES string of the molecule is O=C(COCC(F)(F)F)N1C2CCC1CNC2. The van der Waals surface area contributed by atoms with Gasteiger partial charge in [-0.15, -0.1) is 0 Å². The number of hydrogen-bond acceptors (Lipinski definition) is 3. The van der Waals surface area contributed by atoms with Crippen LogP contribution in [-0.2, 0) is 9.53 Å². The number of fused-ring (bicyclic) bond motifs is 2. The van der Waals surface area contributed by atoms with E-state index in [9.17, 15) is 18.0 Å². The zero-order valence-electron chi connectivity index (χ0n) is 9.29. The van der Waals surface area contributed by atoms with E-state index in [-0.39, 0.29) is 18.0 Å². The van der Waals surface area contributed by atoms with E-state index in [0.29, 0.717) is 0 Å². The van der Waals surface area contributed by atoms with Crippen LogP contribution in [0.15, 0.2) is 0 Å². The van der Waals surface area contributed by atoms with Crippen LogP contribution in [-0.4, -0.2) is 55.4 Å². The van der Waals surface area contributed by atoms with Gasteiger partial charge in [0.25, 0.3) is 0 Å². The number of nitrogens with zero attached hydrogens (tertiary/aromatic N) is 1. The van der Waals surface area contributed by atoms with Gasteiger partial charge in [-0.1, -0.05) is 0 Å². The predicted molar refractivity (Wildman–Crippen MR) is 53.4 cm³/mol. The van der Waals surface area contributed by atoms with Gasteiger partial charge in [-0.2, -0.15) is 13.2 Å². The Balaban J connectivity index is 1.80. The van der Waals surface area contributed by atoms with Crippen LogP contribution in [0.2, 0.25) is 0 Å². The number of ether oxygens (including phenoxy) is 1. The summed E-state index contributed by atoms with van der Waals surface area (Å²) in [4.78, 5) is 13.4. The maximum atomic E-state index is 11.9. The third-order valence-electron chi connectivity index (χ3n) is 3.16. The summed E-state index contributed by atoms with van der Waals surface area (Å²) in [7, 11) is 0. The summed E-state index contributed by atoms with van der Waals surface area (Å²) >= 11 is 0. The van der Waals surface area contributed by atoms with Gasteiger partial charge in [0, 0.05) is 25.2 Å². The minimum absolute atomic E-state index is 0.121. The van der Waals surface area contributed by atoms with Crippen LogP contribution >= 0.6 is 0 Å². The van der Waals surface area contributed by atoms with Crippen molar-refractivity contribution in [1.82, 2.24) is 10.2 Å². The van der Waals surface area contributed by atoms with Gasteiger partial charge in [0.05, 0.1) is 0 Å². The van der Waals surface area contributed by atoms with Crippen LogP contribution in [0.25, 0.3) is 0 Å². The van der Waals surface area contributed by atoms with Crippen molar-refractivity contribution in [2.45, 2.75) is 31.1 Å². The minimum Gasteiger partial charge on any atom is -0.362 e. The van der Waals surface area contributed by atoms with Gasteiger partial charge in [-0.3, -0.25) is 4.79 Å². The van der Waals surface area contributed by atoms with E-state index < -0.39 is 19.4 Å². The van der Waals surface area contributed by atoms with Crippen molar-refractivity contribution >= 4 is 5.91 Å². The highest BCUT2D eigenvalue weighted by Gasteiger charge is 2.39. The molecule has 98 valence electrons. The Bertz CT molecular complexity index is 280. The van der Waals surface area contributed by atoms with Crippen molar-refractivity contribution in [1.29, 1.82) is 0 Å². The van der Waals surface area contributed by atoms with E-state index in [1.165, 1.54) is 0 Å². The number of halogens is 3. The molecule has 0 aliphatic carbocycles. The van der Waals surface area contributed by atoms with Crippen LogP contribution < -0.4 is 5.32 Å². The topological polar surface area (TPSA) is 41.6 Å². The monoisotopic (exact) mass is 252 g/mol. The average molecular weight is 252 g/mol. The molecule has 2 aliphatic rings. The fourth-order valence-corrected chi connectivity index (χ4v) is 2.51. The van der Waals surface area contributed by atoms with Crippen LogP contribution in [0.1, 0.15) is 12.8 Å². The summed E-state index contributed by atoms with van der Waals surface area (Å²) < 4.78 is 40.0. The Morgan fingerprint density at radius 2 is 1.88 bits per heavy atom. The first-order chi connectivity index (χ1) is 7.97. The van der Waals surface area contributed by atoms with Gasteiger partial charge in [0.2, 0.25) is 5.91 Å². The summed E-state index contributed by atoms with van der Waals surface area (Å²) in [5.74, 6) is -0.330. The van der Waals surface area contributed by atoms with Crippen LogP contribution in [0, 0.1) is 0 Å². The fraction of sp³-hybridized carbons (Fsp3) is 0.900. The molecule has 2 bridgehead atoms. The Kier molecular flexibility index (Phi) is 3.58. The van der Waals surface area contributed by atoms with Gasteiger partial charge < -0.3 is 15.0 Å². The lowest BCUT2D eigenvalue weighted by Gasteiger charge is -2.35. The number of nitrogens with one attached hydrogen (secondary N) is 1. The van der Waals surface area contributed by atoms with E-state index in [1.807, 2.05) is 0 Å². The molecule has 1 amide bonds. The molecule has 0 aromatic carbocycles. The maximum absolute atomic E-state index is 11.9. The molecule has 0 aromatic rings. The molecule has 2 saturated heterocycles. The molecule has 17 heavy (non-hydrogen) atoms. The Labute approximate surface area is 97.1 Å². The van der Waals surface area contributed by atoms with Gasteiger partial charge >= 0.3 is 6.18 Å². The highest BCUT2D eigenvalue weighted by molar-refractivity contribution is 5.78. The van der Waals surface area contributed by atoms with Crippen molar-refractivity contribution in [3.8, 4) is 0 Å². The number of amides is 1. The third kappa shape index (κ3) is 3.10. The van der Waals surface area contributed by atoms with Gasteiger partial charge in [-0.25, -0.2) is 0 Å². The number of hydrogen-bond donors (Lipinski definition) is 1. The number of alkyl halides is 3. The van der Waals surface area contributed by atoms with Crippen molar-refractivity contribution < 1.29 is 22.7 Å². The third-order valence-corrected chi connectivity index (χ3v) is 3.16. The molecule has 2 heterocycles. The quantitative estimate of drug-likeness (QED) is 0.796. The summed E-state index contributed by atoms with van der Waals surface area (Å²) in [5, 5.41) is 3.20. The molecule has 7 heteroatoms. The molecule has 0 radical (unpaired) electrons. The van der Waals surface area contributed by atoms with Gasteiger partial charge in [0.1, 0.15) is 13.2 Å². The van der Waals surface area contributed by atoms with Crippen molar-refractivity contribution in [3.63, 3.8) is 0 Å². The van der Waals surface area contributed by atoms with Gasteiger partial charge in [0.15, 0.2) is 0 Å². The largest absolute Gasteiger partial charge is 0.411 e.